The van der Waals surface area contributed by atoms with E-state index in [-0.39, 0.29) is 0 Å². The van der Waals surface area contributed by atoms with E-state index in [9.17, 15) is 0 Å². The SMILES string of the molecule is S=C(NCC1CCCO1)Nc1ccc(N2CCCCC2)nc1. The number of rotatable bonds is 4. The molecule has 22 heavy (non-hydrogen) atoms. The molecule has 1 aromatic rings. The molecule has 0 saturated carbocycles. The Labute approximate surface area is 137 Å². The van der Waals surface area contributed by atoms with E-state index in [1.54, 1.807) is 0 Å². The third-order valence-electron chi connectivity index (χ3n) is 4.20. The fourth-order valence-electron chi connectivity index (χ4n) is 2.96. The van der Waals surface area contributed by atoms with Crippen molar-refractivity contribution < 1.29 is 4.74 Å². The Hall–Kier alpha value is -1.40. The van der Waals surface area contributed by atoms with Gasteiger partial charge in [-0.2, -0.15) is 0 Å². The lowest BCUT2D eigenvalue weighted by Crippen LogP contribution is -2.34. The molecule has 0 spiro atoms. The highest BCUT2D eigenvalue weighted by atomic mass is 32.1. The van der Waals surface area contributed by atoms with Crippen molar-refractivity contribution in [3.8, 4) is 0 Å². The average molecular weight is 320 g/mol. The van der Waals surface area contributed by atoms with Crippen LogP contribution in [-0.2, 0) is 4.74 Å². The van der Waals surface area contributed by atoms with E-state index in [1.165, 1.54) is 19.3 Å². The molecule has 2 aliphatic heterocycles. The lowest BCUT2D eigenvalue weighted by Gasteiger charge is -2.27. The Morgan fingerprint density at radius 2 is 2.14 bits per heavy atom. The summed E-state index contributed by atoms with van der Waals surface area (Å²) in [5.74, 6) is 1.06. The zero-order valence-corrected chi connectivity index (χ0v) is 13.7. The van der Waals surface area contributed by atoms with Crippen LogP contribution < -0.4 is 15.5 Å². The molecule has 120 valence electrons. The van der Waals surface area contributed by atoms with Crippen molar-refractivity contribution in [3.05, 3.63) is 18.3 Å². The normalized spacial score (nSPS) is 21.6. The van der Waals surface area contributed by atoms with Gasteiger partial charge in [0, 0.05) is 26.2 Å². The molecule has 2 saturated heterocycles. The van der Waals surface area contributed by atoms with Crippen LogP contribution in [0.4, 0.5) is 11.5 Å². The summed E-state index contributed by atoms with van der Waals surface area (Å²) in [4.78, 5) is 6.89. The molecule has 0 aromatic carbocycles. The third kappa shape index (κ3) is 4.30. The molecular formula is C16H24N4OS. The molecule has 2 N–H and O–H groups in total. The van der Waals surface area contributed by atoms with Crippen LogP contribution in [0, 0.1) is 0 Å². The molecule has 6 heteroatoms. The number of anilines is 2. The number of aromatic nitrogens is 1. The molecule has 0 aliphatic carbocycles. The predicted molar refractivity (Wildman–Crippen MR) is 93.5 cm³/mol. The maximum Gasteiger partial charge on any atom is 0.170 e. The van der Waals surface area contributed by atoms with Gasteiger partial charge in [0.2, 0.25) is 0 Å². The van der Waals surface area contributed by atoms with Crippen LogP contribution in [0.1, 0.15) is 32.1 Å². The van der Waals surface area contributed by atoms with E-state index in [2.05, 4.69) is 26.6 Å². The third-order valence-corrected chi connectivity index (χ3v) is 4.45. The second-order valence-electron chi connectivity index (χ2n) is 5.92. The summed E-state index contributed by atoms with van der Waals surface area (Å²) < 4.78 is 5.57. The van der Waals surface area contributed by atoms with Gasteiger partial charge in [0.05, 0.1) is 18.0 Å². The van der Waals surface area contributed by atoms with Crippen LogP contribution in [0.25, 0.3) is 0 Å². The Bertz CT molecular complexity index is 481. The zero-order chi connectivity index (χ0) is 15.2. The Balaban J connectivity index is 1.46. The van der Waals surface area contributed by atoms with Crippen LogP contribution in [0.3, 0.4) is 0 Å². The lowest BCUT2D eigenvalue weighted by atomic mass is 10.1. The van der Waals surface area contributed by atoms with Gasteiger partial charge in [-0.15, -0.1) is 0 Å². The van der Waals surface area contributed by atoms with E-state index < -0.39 is 0 Å². The van der Waals surface area contributed by atoms with Gasteiger partial charge in [-0.1, -0.05) is 0 Å². The molecule has 1 unspecified atom stereocenters. The van der Waals surface area contributed by atoms with Gasteiger partial charge in [0.1, 0.15) is 5.82 Å². The summed E-state index contributed by atoms with van der Waals surface area (Å²) in [5.41, 5.74) is 0.922. The van der Waals surface area contributed by atoms with Crippen molar-refractivity contribution in [2.24, 2.45) is 0 Å². The highest BCUT2D eigenvalue weighted by molar-refractivity contribution is 7.80. The summed E-state index contributed by atoms with van der Waals surface area (Å²) in [6, 6.07) is 4.10. The van der Waals surface area contributed by atoms with E-state index in [0.29, 0.717) is 11.2 Å². The molecule has 2 aliphatic rings. The van der Waals surface area contributed by atoms with Gasteiger partial charge in [-0.25, -0.2) is 4.98 Å². The smallest absolute Gasteiger partial charge is 0.170 e. The van der Waals surface area contributed by atoms with E-state index in [4.69, 9.17) is 17.0 Å². The molecule has 5 nitrogen and oxygen atoms in total. The van der Waals surface area contributed by atoms with Crippen molar-refractivity contribution in [2.75, 3.05) is 36.5 Å². The van der Waals surface area contributed by atoms with E-state index >= 15 is 0 Å². The first-order chi connectivity index (χ1) is 10.8. The molecular weight excluding hydrogens is 296 g/mol. The molecule has 0 radical (unpaired) electrons. The fraction of sp³-hybridized carbons (Fsp3) is 0.625. The fourth-order valence-corrected chi connectivity index (χ4v) is 3.16. The summed E-state index contributed by atoms with van der Waals surface area (Å²) in [6.45, 7) is 3.86. The predicted octanol–water partition coefficient (Wildman–Crippen LogP) is 2.54. The number of ether oxygens (including phenoxy) is 1. The highest BCUT2D eigenvalue weighted by Crippen LogP contribution is 2.19. The number of hydrogen-bond acceptors (Lipinski definition) is 4. The Morgan fingerprint density at radius 1 is 1.27 bits per heavy atom. The van der Waals surface area contributed by atoms with Gasteiger partial charge in [0.25, 0.3) is 0 Å². The minimum Gasteiger partial charge on any atom is -0.376 e. The monoisotopic (exact) mass is 320 g/mol. The second kappa shape index (κ2) is 7.74. The number of nitrogens with one attached hydrogen (secondary N) is 2. The van der Waals surface area contributed by atoms with E-state index in [1.807, 2.05) is 12.3 Å². The van der Waals surface area contributed by atoms with Crippen LogP contribution >= 0.6 is 12.2 Å². The van der Waals surface area contributed by atoms with Gasteiger partial charge < -0.3 is 20.3 Å². The zero-order valence-electron chi connectivity index (χ0n) is 12.9. The topological polar surface area (TPSA) is 49.4 Å². The number of piperidine rings is 1. The van der Waals surface area contributed by atoms with Crippen molar-refractivity contribution >= 4 is 28.8 Å². The van der Waals surface area contributed by atoms with Crippen LogP contribution in [0.5, 0.6) is 0 Å². The molecule has 0 bridgehead atoms. The lowest BCUT2D eigenvalue weighted by molar-refractivity contribution is 0.114. The van der Waals surface area contributed by atoms with E-state index in [0.717, 1.165) is 50.6 Å². The number of hydrogen-bond donors (Lipinski definition) is 2. The number of thiocarbonyl (C=S) groups is 1. The molecule has 1 atom stereocenters. The molecule has 3 rings (SSSR count). The van der Waals surface area contributed by atoms with Crippen molar-refractivity contribution in [3.63, 3.8) is 0 Å². The minimum absolute atomic E-state index is 0.291. The van der Waals surface area contributed by atoms with Gasteiger partial charge in [0.15, 0.2) is 5.11 Å². The number of nitrogens with zero attached hydrogens (tertiary/aromatic N) is 2. The molecule has 1 aromatic heterocycles. The first kappa shape index (κ1) is 15.5. The van der Waals surface area contributed by atoms with Gasteiger partial charge >= 0.3 is 0 Å². The quantitative estimate of drug-likeness (QED) is 0.832. The van der Waals surface area contributed by atoms with Crippen LogP contribution in [0.2, 0.25) is 0 Å². The van der Waals surface area contributed by atoms with Crippen LogP contribution in [-0.4, -0.2) is 42.4 Å². The van der Waals surface area contributed by atoms with Crippen molar-refractivity contribution in [2.45, 2.75) is 38.2 Å². The maximum absolute atomic E-state index is 5.57. The standard InChI is InChI=1S/C16H24N4OS/c22-16(18-12-14-5-4-10-21-14)19-13-6-7-15(17-11-13)20-8-2-1-3-9-20/h6-7,11,14H,1-5,8-10,12H2,(H2,18,19,22). The summed E-state index contributed by atoms with van der Waals surface area (Å²) in [6.07, 6.45) is 8.26. The molecule has 3 heterocycles. The summed E-state index contributed by atoms with van der Waals surface area (Å²) >= 11 is 5.31. The largest absolute Gasteiger partial charge is 0.376 e. The summed E-state index contributed by atoms with van der Waals surface area (Å²) in [5, 5.41) is 7.02. The highest BCUT2D eigenvalue weighted by Gasteiger charge is 2.15. The number of pyridine rings is 1. The maximum atomic E-state index is 5.57. The van der Waals surface area contributed by atoms with Crippen LogP contribution in [0.15, 0.2) is 18.3 Å². The molecule has 2 fully saturated rings. The van der Waals surface area contributed by atoms with Gasteiger partial charge in [-0.05, 0) is 56.5 Å². The summed E-state index contributed by atoms with van der Waals surface area (Å²) in [7, 11) is 0. The first-order valence-corrected chi connectivity index (χ1v) is 8.59. The Morgan fingerprint density at radius 3 is 2.82 bits per heavy atom. The van der Waals surface area contributed by atoms with Gasteiger partial charge in [-0.3, -0.25) is 0 Å². The van der Waals surface area contributed by atoms with Crippen molar-refractivity contribution in [1.29, 1.82) is 0 Å². The van der Waals surface area contributed by atoms with Crippen molar-refractivity contribution in [1.82, 2.24) is 10.3 Å². The average Bonchev–Trinajstić information content (AvgIpc) is 3.08. The second-order valence-corrected chi connectivity index (χ2v) is 6.33. The molecule has 0 amide bonds. The Kier molecular flexibility index (Phi) is 5.45. The first-order valence-electron chi connectivity index (χ1n) is 8.19. The minimum atomic E-state index is 0.291.